The quantitative estimate of drug-likeness (QED) is 0.717. The maximum atomic E-state index is 13.7. The number of amides is 1. The number of hydrogen-bond acceptors (Lipinski definition) is 2. The zero-order valence-electron chi connectivity index (χ0n) is 14.9. The number of halogens is 1. The smallest absolute Gasteiger partial charge is 0.219 e. The number of likely N-dealkylation sites (tertiary alicyclic amines) is 1. The van der Waals surface area contributed by atoms with Gasteiger partial charge < -0.3 is 4.90 Å². The molecule has 0 atom stereocenters. The molecule has 1 fully saturated rings. The summed E-state index contributed by atoms with van der Waals surface area (Å²) < 4.78 is 15.7. The van der Waals surface area contributed by atoms with Crippen LogP contribution in [0, 0.1) is 5.82 Å². The molecule has 4 rings (SSSR count). The minimum atomic E-state index is -0.264. The summed E-state index contributed by atoms with van der Waals surface area (Å²) in [5.41, 5.74) is 3.03. The van der Waals surface area contributed by atoms with Crippen LogP contribution >= 0.6 is 0 Å². The van der Waals surface area contributed by atoms with Crippen molar-refractivity contribution in [2.75, 3.05) is 13.1 Å². The van der Waals surface area contributed by atoms with E-state index in [0.29, 0.717) is 18.0 Å². The molecule has 26 heavy (non-hydrogen) atoms. The van der Waals surface area contributed by atoms with Gasteiger partial charge in [-0.25, -0.2) is 4.39 Å². The van der Waals surface area contributed by atoms with Crippen molar-refractivity contribution in [3.05, 3.63) is 65.6 Å². The molecule has 0 bridgehead atoms. The number of piperidine rings is 1. The number of aromatic nitrogens is 2. The lowest BCUT2D eigenvalue weighted by molar-refractivity contribution is -0.129. The molecule has 2 aromatic carbocycles. The van der Waals surface area contributed by atoms with Gasteiger partial charge in [0.25, 0.3) is 0 Å². The van der Waals surface area contributed by atoms with Crippen LogP contribution in [0.4, 0.5) is 4.39 Å². The van der Waals surface area contributed by atoms with E-state index in [1.54, 1.807) is 6.92 Å². The minimum Gasteiger partial charge on any atom is -0.343 e. The Balaban J connectivity index is 1.71. The van der Waals surface area contributed by atoms with Gasteiger partial charge >= 0.3 is 0 Å². The van der Waals surface area contributed by atoms with Crippen LogP contribution in [0.25, 0.3) is 10.9 Å². The van der Waals surface area contributed by atoms with E-state index in [0.717, 1.165) is 37.0 Å². The lowest BCUT2D eigenvalue weighted by Gasteiger charge is -2.31. The summed E-state index contributed by atoms with van der Waals surface area (Å²) in [6, 6.07) is 15.0. The van der Waals surface area contributed by atoms with Crippen molar-refractivity contribution in [2.45, 2.75) is 32.2 Å². The summed E-state index contributed by atoms with van der Waals surface area (Å²) in [7, 11) is 0. The molecule has 5 heteroatoms. The third kappa shape index (κ3) is 3.21. The number of carbonyl (C=O) groups is 1. The molecule has 134 valence electrons. The number of rotatable bonds is 3. The second-order valence-electron chi connectivity index (χ2n) is 6.97. The third-order valence-electron chi connectivity index (χ3n) is 5.24. The van der Waals surface area contributed by atoms with Gasteiger partial charge in [-0.05, 0) is 30.5 Å². The molecule has 3 aromatic rings. The van der Waals surface area contributed by atoms with E-state index < -0.39 is 0 Å². The van der Waals surface area contributed by atoms with Crippen LogP contribution in [0.15, 0.2) is 48.5 Å². The molecular formula is C21H22FN3O. The van der Waals surface area contributed by atoms with Crippen molar-refractivity contribution in [3.8, 4) is 0 Å². The summed E-state index contributed by atoms with van der Waals surface area (Å²) >= 11 is 0. The normalized spacial score (nSPS) is 15.5. The first kappa shape index (κ1) is 16.8. The molecule has 0 saturated carbocycles. The molecule has 0 radical (unpaired) electrons. The number of nitrogens with zero attached hydrogens (tertiary/aromatic N) is 3. The summed E-state index contributed by atoms with van der Waals surface area (Å²) in [5.74, 6) is 0.192. The molecule has 1 aliphatic rings. The Bertz CT molecular complexity index is 927. The Hall–Kier alpha value is -2.69. The van der Waals surface area contributed by atoms with E-state index in [-0.39, 0.29) is 11.7 Å². The van der Waals surface area contributed by atoms with Crippen molar-refractivity contribution in [1.82, 2.24) is 14.7 Å². The third-order valence-corrected chi connectivity index (χ3v) is 5.24. The van der Waals surface area contributed by atoms with Crippen molar-refractivity contribution in [2.24, 2.45) is 0 Å². The average Bonchev–Trinajstić information content (AvgIpc) is 2.99. The number of fused-ring (bicyclic) bond motifs is 1. The molecule has 0 unspecified atom stereocenters. The van der Waals surface area contributed by atoms with Gasteiger partial charge in [0.05, 0.1) is 12.1 Å². The topological polar surface area (TPSA) is 38.1 Å². The standard InChI is InChI=1S/C21H22FN3O/c1-15(26)24-11-9-17(10-12-24)21-19-8-7-18(22)13-20(19)23-25(21)14-16-5-3-2-4-6-16/h2-8,13,17H,9-12,14H2,1H3. The van der Waals surface area contributed by atoms with Crippen LogP contribution in [-0.4, -0.2) is 33.7 Å². The lowest BCUT2D eigenvalue weighted by Crippen LogP contribution is -2.36. The highest BCUT2D eigenvalue weighted by Crippen LogP contribution is 2.34. The molecule has 2 heterocycles. The highest BCUT2D eigenvalue weighted by atomic mass is 19.1. The monoisotopic (exact) mass is 351 g/mol. The number of carbonyl (C=O) groups excluding carboxylic acids is 1. The highest BCUT2D eigenvalue weighted by Gasteiger charge is 2.27. The predicted octanol–water partition coefficient (Wildman–Crippen LogP) is 3.95. The first-order valence-electron chi connectivity index (χ1n) is 9.07. The van der Waals surface area contributed by atoms with Crippen molar-refractivity contribution in [1.29, 1.82) is 0 Å². The Kier molecular flexibility index (Phi) is 4.45. The molecule has 0 spiro atoms. The number of benzene rings is 2. The van der Waals surface area contributed by atoms with Gasteiger partial charge in [0.15, 0.2) is 0 Å². The van der Waals surface area contributed by atoms with Crippen LogP contribution in [0.3, 0.4) is 0 Å². The van der Waals surface area contributed by atoms with Crippen LogP contribution in [-0.2, 0) is 11.3 Å². The molecule has 1 aromatic heterocycles. The molecule has 1 aliphatic heterocycles. The van der Waals surface area contributed by atoms with Gasteiger partial charge in [0, 0.05) is 43.1 Å². The largest absolute Gasteiger partial charge is 0.343 e. The minimum absolute atomic E-state index is 0.133. The van der Waals surface area contributed by atoms with Crippen LogP contribution < -0.4 is 0 Å². The Morgan fingerprint density at radius 2 is 1.88 bits per heavy atom. The molecule has 0 N–H and O–H groups in total. The Morgan fingerprint density at radius 3 is 2.58 bits per heavy atom. The zero-order valence-corrected chi connectivity index (χ0v) is 14.9. The summed E-state index contributed by atoms with van der Waals surface area (Å²) in [4.78, 5) is 13.5. The Labute approximate surface area is 152 Å². The second-order valence-corrected chi connectivity index (χ2v) is 6.97. The van der Waals surface area contributed by atoms with E-state index in [1.165, 1.54) is 17.7 Å². The van der Waals surface area contributed by atoms with E-state index in [1.807, 2.05) is 33.8 Å². The molecule has 4 nitrogen and oxygen atoms in total. The molecular weight excluding hydrogens is 329 g/mol. The SMILES string of the molecule is CC(=O)N1CCC(c2c3ccc(F)cc3nn2Cc2ccccc2)CC1. The Morgan fingerprint density at radius 1 is 1.15 bits per heavy atom. The number of hydrogen-bond donors (Lipinski definition) is 0. The second kappa shape index (κ2) is 6.90. The van der Waals surface area contributed by atoms with E-state index >= 15 is 0 Å². The van der Waals surface area contributed by atoms with Crippen molar-refractivity contribution in [3.63, 3.8) is 0 Å². The van der Waals surface area contributed by atoms with Gasteiger partial charge in [-0.3, -0.25) is 9.48 Å². The van der Waals surface area contributed by atoms with E-state index in [9.17, 15) is 9.18 Å². The van der Waals surface area contributed by atoms with Gasteiger partial charge in [-0.1, -0.05) is 30.3 Å². The summed E-state index contributed by atoms with van der Waals surface area (Å²) in [6.07, 6.45) is 1.82. The summed E-state index contributed by atoms with van der Waals surface area (Å²) in [6.45, 7) is 3.82. The van der Waals surface area contributed by atoms with Crippen LogP contribution in [0.1, 0.15) is 36.9 Å². The molecule has 1 amide bonds. The van der Waals surface area contributed by atoms with Crippen LogP contribution in [0.5, 0.6) is 0 Å². The van der Waals surface area contributed by atoms with Gasteiger partial charge in [-0.15, -0.1) is 0 Å². The van der Waals surface area contributed by atoms with E-state index in [2.05, 4.69) is 12.1 Å². The molecule has 0 aliphatic carbocycles. The lowest BCUT2D eigenvalue weighted by atomic mass is 9.91. The van der Waals surface area contributed by atoms with Gasteiger partial charge in [0.2, 0.25) is 5.91 Å². The first-order chi connectivity index (χ1) is 12.6. The maximum absolute atomic E-state index is 13.7. The fourth-order valence-electron chi connectivity index (χ4n) is 3.90. The molecule has 1 saturated heterocycles. The predicted molar refractivity (Wildman–Crippen MR) is 99.5 cm³/mol. The first-order valence-corrected chi connectivity index (χ1v) is 9.07. The summed E-state index contributed by atoms with van der Waals surface area (Å²) in [5, 5.41) is 5.71. The zero-order chi connectivity index (χ0) is 18.1. The van der Waals surface area contributed by atoms with Crippen LogP contribution in [0.2, 0.25) is 0 Å². The average molecular weight is 351 g/mol. The van der Waals surface area contributed by atoms with Gasteiger partial charge in [0.1, 0.15) is 5.82 Å². The fraction of sp³-hybridized carbons (Fsp3) is 0.333. The van der Waals surface area contributed by atoms with E-state index in [4.69, 9.17) is 5.10 Å². The van der Waals surface area contributed by atoms with Gasteiger partial charge in [-0.2, -0.15) is 5.10 Å². The van der Waals surface area contributed by atoms with Crippen molar-refractivity contribution >= 4 is 16.8 Å². The fourth-order valence-corrected chi connectivity index (χ4v) is 3.90. The highest BCUT2D eigenvalue weighted by molar-refractivity contribution is 5.82. The van der Waals surface area contributed by atoms with Crippen molar-refractivity contribution < 1.29 is 9.18 Å². The maximum Gasteiger partial charge on any atom is 0.219 e.